The van der Waals surface area contributed by atoms with E-state index in [0.29, 0.717) is 11.6 Å². The van der Waals surface area contributed by atoms with Crippen LogP contribution in [0.25, 0.3) is 10.2 Å². The molecule has 0 saturated carbocycles. The first-order chi connectivity index (χ1) is 12.1. The number of hydrogen-bond acceptors (Lipinski definition) is 5. The van der Waals surface area contributed by atoms with E-state index < -0.39 is 0 Å². The lowest BCUT2D eigenvalue weighted by Gasteiger charge is -2.09. The smallest absolute Gasteiger partial charge is 0.231 e. The highest BCUT2D eigenvalue weighted by molar-refractivity contribution is 7.18. The van der Waals surface area contributed by atoms with Crippen LogP contribution in [0.4, 0.5) is 5.69 Å². The standard InChI is InChI=1S/C19H19N3O2S/c1-11(2)17(23)22-12-6-8-13(9-7-12)24-18-16-14-4-3-5-15(14)25-19(16)21-10-20-18/h6-11H,3-5H2,1-2H3,(H,22,23). The fourth-order valence-corrected chi connectivity index (χ4v) is 4.20. The monoisotopic (exact) mass is 353 g/mol. The molecule has 2 heterocycles. The molecular formula is C19H19N3O2S. The molecule has 1 aromatic carbocycles. The number of rotatable bonds is 4. The number of carbonyl (C=O) groups excluding carboxylic acids is 1. The fraction of sp³-hybridized carbons (Fsp3) is 0.316. The second-order valence-corrected chi connectivity index (χ2v) is 7.57. The predicted molar refractivity (Wildman–Crippen MR) is 99.4 cm³/mol. The summed E-state index contributed by atoms with van der Waals surface area (Å²) in [4.78, 5) is 22.9. The number of hydrogen-bond donors (Lipinski definition) is 1. The van der Waals surface area contributed by atoms with E-state index in [1.165, 1.54) is 16.9 Å². The van der Waals surface area contributed by atoms with Gasteiger partial charge in [0, 0.05) is 16.5 Å². The summed E-state index contributed by atoms with van der Waals surface area (Å²) in [6.07, 6.45) is 4.94. The Hall–Kier alpha value is -2.47. The summed E-state index contributed by atoms with van der Waals surface area (Å²) < 4.78 is 6.03. The second-order valence-electron chi connectivity index (χ2n) is 6.49. The van der Waals surface area contributed by atoms with Crippen molar-refractivity contribution >= 4 is 33.1 Å². The molecule has 4 rings (SSSR count). The molecule has 2 aromatic heterocycles. The molecule has 1 amide bonds. The van der Waals surface area contributed by atoms with Gasteiger partial charge >= 0.3 is 0 Å². The normalized spacial score (nSPS) is 13.2. The lowest BCUT2D eigenvalue weighted by Crippen LogP contribution is -2.17. The first kappa shape index (κ1) is 16.0. The van der Waals surface area contributed by atoms with Crippen molar-refractivity contribution < 1.29 is 9.53 Å². The van der Waals surface area contributed by atoms with Gasteiger partial charge in [0.1, 0.15) is 16.9 Å². The van der Waals surface area contributed by atoms with Gasteiger partial charge in [0.15, 0.2) is 0 Å². The van der Waals surface area contributed by atoms with E-state index in [4.69, 9.17) is 4.74 Å². The van der Waals surface area contributed by atoms with E-state index in [1.807, 2.05) is 38.1 Å². The molecule has 0 saturated heterocycles. The highest BCUT2D eigenvalue weighted by atomic mass is 32.1. The maximum Gasteiger partial charge on any atom is 0.231 e. The van der Waals surface area contributed by atoms with Gasteiger partial charge in [-0.3, -0.25) is 4.79 Å². The van der Waals surface area contributed by atoms with Gasteiger partial charge in [-0.2, -0.15) is 0 Å². The molecule has 0 fully saturated rings. The number of anilines is 1. The average molecular weight is 353 g/mol. The topological polar surface area (TPSA) is 64.1 Å². The summed E-state index contributed by atoms with van der Waals surface area (Å²) in [6, 6.07) is 7.37. The third-order valence-corrected chi connectivity index (χ3v) is 5.53. The van der Waals surface area contributed by atoms with Crippen LogP contribution in [0.15, 0.2) is 30.6 Å². The van der Waals surface area contributed by atoms with Crippen molar-refractivity contribution in [2.45, 2.75) is 33.1 Å². The Labute approximate surface area is 150 Å². The lowest BCUT2D eigenvalue weighted by atomic mass is 10.2. The van der Waals surface area contributed by atoms with Crippen molar-refractivity contribution in [3.8, 4) is 11.6 Å². The Morgan fingerprint density at radius 2 is 2.00 bits per heavy atom. The molecule has 128 valence electrons. The summed E-state index contributed by atoms with van der Waals surface area (Å²) >= 11 is 1.74. The first-order valence-corrected chi connectivity index (χ1v) is 9.27. The summed E-state index contributed by atoms with van der Waals surface area (Å²) in [5.74, 6) is 1.26. The summed E-state index contributed by atoms with van der Waals surface area (Å²) in [5.41, 5.74) is 2.10. The Balaban J connectivity index is 1.58. The molecule has 1 aliphatic rings. The van der Waals surface area contributed by atoms with Gasteiger partial charge in [-0.05, 0) is 49.1 Å². The molecule has 0 aliphatic heterocycles. The van der Waals surface area contributed by atoms with E-state index in [2.05, 4.69) is 15.3 Å². The summed E-state index contributed by atoms with van der Waals surface area (Å²) in [5, 5.41) is 3.93. The second kappa shape index (κ2) is 6.44. The molecule has 0 radical (unpaired) electrons. The van der Waals surface area contributed by atoms with Crippen LogP contribution in [0.5, 0.6) is 11.6 Å². The van der Waals surface area contributed by atoms with Gasteiger partial charge in [-0.15, -0.1) is 11.3 Å². The maximum atomic E-state index is 11.8. The minimum atomic E-state index is -0.0501. The minimum Gasteiger partial charge on any atom is -0.438 e. The van der Waals surface area contributed by atoms with Gasteiger partial charge in [-0.1, -0.05) is 13.8 Å². The Kier molecular flexibility index (Phi) is 4.13. The van der Waals surface area contributed by atoms with Crippen molar-refractivity contribution in [2.75, 3.05) is 5.32 Å². The van der Waals surface area contributed by atoms with Gasteiger partial charge < -0.3 is 10.1 Å². The van der Waals surface area contributed by atoms with Crippen LogP contribution in [0, 0.1) is 5.92 Å². The number of nitrogens with zero attached hydrogens (tertiary/aromatic N) is 2. The lowest BCUT2D eigenvalue weighted by molar-refractivity contribution is -0.118. The molecule has 6 heteroatoms. The highest BCUT2D eigenvalue weighted by Gasteiger charge is 2.22. The Bertz CT molecular complexity index is 932. The van der Waals surface area contributed by atoms with E-state index >= 15 is 0 Å². The van der Waals surface area contributed by atoms with Crippen LogP contribution < -0.4 is 10.1 Å². The Morgan fingerprint density at radius 1 is 1.20 bits per heavy atom. The van der Waals surface area contributed by atoms with Crippen LogP contribution in [-0.4, -0.2) is 15.9 Å². The number of amides is 1. The summed E-state index contributed by atoms with van der Waals surface area (Å²) in [7, 11) is 0. The van der Waals surface area contributed by atoms with Crippen LogP contribution in [0.3, 0.4) is 0 Å². The number of carbonyl (C=O) groups is 1. The van der Waals surface area contributed by atoms with Crippen molar-refractivity contribution in [2.24, 2.45) is 5.92 Å². The van der Waals surface area contributed by atoms with Gasteiger partial charge in [0.05, 0.1) is 5.39 Å². The van der Waals surface area contributed by atoms with Gasteiger partial charge in [0.25, 0.3) is 0 Å². The zero-order valence-electron chi connectivity index (χ0n) is 14.2. The van der Waals surface area contributed by atoms with Crippen molar-refractivity contribution in [3.63, 3.8) is 0 Å². The summed E-state index contributed by atoms with van der Waals surface area (Å²) in [6.45, 7) is 3.74. The predicted octanol–water partition coefficient (Wildman–Crippen LogP) is 4.57. The molecule has 1 aliphatic carbocycles. The number of aromatic nitrogens is 2. The maximum absolute atomic E-state index is 11.8. The zero-order chi connectivity index (χ0) is 17.4. The number of ether oxygens (including phenoxy) is 1. The fourth-order valence-electron chi connectivity index (χ4n) is 2.98. The number of thiophene rings is 1. The molecule has 3 aromatic rings. The van der Waals surface area contributed by atoms with Crippen LogP contribution >= 0.6 is 11.3 Å². The Morgan fingerprint density at radius 3 is 2.76 bits per heavy atom. The third-order valence-electron chi connectivity index (χ3n) is 4.33. The van der Waals surface area contributed by atoms with Crippen LogP contribution in [-0.2, 0) is 17.6 Å². The number of aryl methyl sites for hydroxylation is 2. The van der Waals surface area contributed by atoms with Crippen LogP contribution in [0.2, 0.25) is 0 Å². The van der Waals surface area contributed by atoms with E-state index in [9.17, 15) is 4.79 Å². The van der Waals surface area contributed by atoms with Crippen molar-refractivity contribution in [1.29, 1.82) is 0 Å². The molecular weight excluding hydrogens is 334 g/mol. The highest BCUT2D eigenvalue weighted by Crippen LogP contribution is 2.40. The minimum absolute atomic E-state index is 0.0000123. The van der Waals surface area contributed by atoms with Gasteiger partial charge in [0.2, 0.25) is 11.8 Å². The largest absolute Gasteiger partial charge is 0.438 e. The van der Waals surface area contributed by atoms with E-state index in [-0.39, 0.29) is 11.8 Å². The molecule has 5 nitrogen and oxygen atoms in total. The van der Waals surface area contributed by atoms with Gasteiger partial charge in [-0.25, -0.2) is 9.97 Å². The third kappa shape index (κ3) is 3.09. The molecule has 0 bridgehead atoms. The number of nitrogens with one attached hydrogen (secondary N) is 1. The van der Waals surface area contributed by atoms with E-state index in [0.717, 1.165) is 28.7 Å². The van der Waals surface area contributed by atoms with Crippen LogP contribution in [0.1, 0.15) is 30.7 Å². The SMILES string of the molecule is CC(C)C(=O)Nc1ccc(Oc2ncnc3sc4c(c23)CCC4)cc1. The molecule has 0 unspecified atom stereocenters. The first-order valence-electron chi connectivity index (χ1n) is 8.46. The van der Waals surface area contributed by atoms with E-state index in [1.54, 1.807) is 17.7 Å². The van der Waals surface area contributed by atoms with Crippen molar-refractivity contribution in [1.82, 2.24) is 9.97 Å². The average Bonchev–Trinajstić information content (AvgIpc) is 3.17. The molecule has 1 N–H and O–H groups in total. The molecule has 0 atom stereocenters. The number of benzene rings is 1. The molecule has 25 heavy (non-hydrogen) atoms. The zero-order valence-corrected chi connectivity index (χ0v) is 15.0. The quantitative estimate of drug-likeness (QED) is 0.746. The molecule has 0 spiro atoms. The van der Waals surface area contributed by atoms with Crippen molar-refractivity contribution in [3.05, 3.63) is 41.0 Å². The number of fused-ring (bicyclic) bond motifs is 3.